The highest BCUT2D eigenvalue weighted by Crippen LogP contribution is 2.53. The molecule has 2 fully saturated rings. The van der Waals surface area contributed by atoms with Crippen LogP contribution in [0.15, 0.2) is 28.9 Å². The fourth-order valence-corrected chi connectivity index (χ4v) is 9.56. The van der Waals surface area contributed by atoms with Crippen molar-refractivity contribution < 1.29 is 14.1 Å². The Morgan fingerprint density at radius 1 is 1.23 bits per heavy atom. The van der Waals surface area contributed by atoms with Gasteiger partial charge in [0.15, 0.2) is 0 Å². The van der Waals surface area contributed by atoms with E-state index in [-0.39, 0.29) is 18.2 Å². The summed E-state index contributed by atoms with van der Waals surface area (Å²) in [6.45, 7) is 3.72. The number of aromatic nitrogens is 1. The number of amides is 1. The molecule has 0 unspecified atom stereocenters. The molecular weight excluding hydrogens is 495 g/mol. The lowest BCUT2D eigenvalue weighted by molar-refractivity contribution is 0.109. The number of carbonyl (C=O) groups is 1. The van der Waals surface area contributed by atoms with Crippen LogP contribution in [0.2, 0.25) is 0 Å². The first-order valence-corrected chi connectivity index (χ1v) is 14.8. The standard InChI is InChI=1S/C23H30BrN2O3PS/c1-15(2)29-23(27)26-18-8-5-16(6-9-18)22-25-14-21(31-22)19-10-7-17(24)13-20(19)30(28)11-3-4-12-30/h7,10,13-16,18H,3-6,8-9,11-12H2,1-2H3,(H,26,27). The second-order valence-corrected chi connectivity index (χ2v) is 14.0. The average Bonchev–Trinajstić information content (AvgIpc) is 3.38. The second-order valence-electron chi connectivity index (χ2n) is 8.91. The van der Waals surface area contributed by atoms with Crippen molar-refractivity contribution >= 4 is 45.8 Å². The molecule has 1 aromatic heterocycles. The van der Waals surface area contributed by atoms with Crippen molar-refractivity contribution in [1.82, 2.24) is 10.3 Å². The van der Waals surface area contributed by atoms with E-state index in [1.807, 2.05) is 26.1 Å². The lowest BCUT2D eigenvalue weighted by Gasteiger charge is -2.28. The summed E-state index contributed by atoms with van der Waals surface area (Å²) in [6, 6.07) is 6.37. The zero-order valence-electron chi connectivity index (χ0n) is 18.1. The van der Waals surface area contributed by atoms with Crippen molar-refractivity contribution in [3.63, 3.8) is 0 Å². The Kier molecular flexibility index (Phi) is 7.24. The lowest BCUT2D eigenvalue weighted by Crippen LogP contribution is -2.38. The Labute approximate surface area is 196 Å². The van der Waals surface area contributed by atoms with Crippen LogP contribution in [0.4, 0.5) is 4.79 Å². The van der Waals surface area contributed by atoms with E-state index in [0.717, 1.165) is 76.1 Å². The summed E-state index contributed by atoms with van der Waals surface area (Å²) in [4.78, 5) is 17.7. The first kappa shape index (κ1) is 23.0. The zero-order chi connectivity index (χ0) is 22.0. The maximum Gasteiger partial charge on any atom is 0.407 e. The van der Waals surface area contributed by atoms with Crippen molar-refractivity contribution in [2.75, 3.05) is 12.3 Å². The maximum absolute atomic E-state index is 13.6. The van der Waals surface area contributed by atoms with Gasteiger partial charge in [0, 0.05) is 45.8 Å². The highest BCUT2D eigenvalue weighted by atomic mass is 79.9. The van der Waals surface area contributed by atoms with Gasteiger partial charge in [-0.05, 0) is 64.5 Å². The number of halogens is 1. The van der Waals surface area contributed by atoms with Gasteiger partial charge in [-0.15, -0.1) is 11.3 Å². The fourth-order valence-electron chi connectivity index (χ4n) is 4.64. The Balaban J connectivity index is 1.45. The third kappa shape index (κ3) is 5.43. The van der Waals surface area contributed by atoms with Crippen LogP contribution in [0.5, 0.6) is 0 Å². The molecule has 1 aromatic carbocycles. The Morgan fingerprint density at radius 2 is 1.94 bits per heavy atom. The lowest BCUT2D eigenvalue weighted by atomic mass is 9.86. The molecule has 4 rings (SSSR count). The molecule has 2 aliphatic rings. The minimum Gasteiger partial charge on any atom is -0.447 e. The number of rotatable bonds is 5. The SMILES string of the molecule is CC(C)OC(=O)NC1CCC(c2ncc(-c3ccc(Br)cc3P3(=O)CCCC3)s2)CC1. The van der Waals surface area contributed by atoms with Gasteiger partial charge in [-0.2, -0.15) is 0 Å². The van der Waals surface area contributed by atoms with E-state index in [4.69, 9.17) is 9.72 Å². The van der Waals surface area contributed by atoms with Crippen LogP contribution < -0.4 is 10.6 Å². The summed E-state index contributed by atoms with van der Waals surface area (Å²) in [5.41, 5.74) is 1.09. The highest BCUT2D eigenvalue weighted by Gasteiger charge is 2.32. The summed E-state index contributed by atoms with van der Waals surface area (Å²) in [5, 5.41) is 5.16. The van der Waals surface area contributed by atoms with Crippen LogP contribution in [0.3, 0.4) is 0 Å². The number of ether oxygens (including phenoxy) is 1. The van der Waals surface area contributed by atoms with Crippen molar-refractivity contribution in [1.29, 1.82) is 0 Å². The number of benzene rings is 1. The Bertz CT molecular complexity index is 975. The maximum atomic E-state index is 13.6. The largest absolute Gasteiger partial charge is 0.447 e. The molecule has 0 spiro atoms. The summed E-state index contributed by atoms with van der Waals surface area (Å²) < 4.78 is 19.8. The minimum atomic E-state index is -2.31. The molecule has 2 heterocycles. The van der Waals surface area contributed by atoms with E-state index in [1.165, 1.54) is 0 Å². The fraction of sp³-hybridized carbons (Fsp3) is 0.565. The van der Waals surface area contributed by atoms with Crippen molar-refractivity contribution in [2.24, 2.45) is 0 Å². The minimum absolute atomic E-state index is 0.103. The highest BCUT2D eigenvalue weighted by molar-refractivity contribution is 9.10. The van der Waals surface area contributed by atoms with E-state index >= 15 is 0 Å². The quantitative estimate of drug-likeness (QED) is 0.452. The average molecular weight is 525 g/mol. The molecule has 2 aromatic rings. The molecule has 8 heteroatoms. The van der Waals surface area contributed by atoms with Crippen molar-refractivity contribution in [3.05, 3.63) is 33.9 Å². The number of alkyl carbamates (subject to hydrolysis) is 1. The zero-order valence-corrected chi connectivity index (χ0v) is 21.4. The number of hydrogen-bond donors (Lipinski definition) is 1. The van der Waals surface area contributed by atoms with E-state index in [1.54, 1.807) is 11.3 Å². The number of hydrogen-bond acceptors (Lipinski definition) is 5. The summed E-state index contributed by atoms with van der Waals surface area (Å²) >= 11 is 5.31. The number of thiazole rings is 1. The summed E-state index contributed by atoms with van der Waals surface area (Å²) in [7, 11) is -2.31. The van der Waals surface area contributed by atoms with E-state index in [0.29, 0.717) is 5.92 Å². The molecule has 168 valence electrons. The molecule has 1 saturated carbocycles. The normalized spacial score (nSPS) is 23.1. The number of carbonyl (C=O) groups excluding carboxylic acids is 1. The van der Waals surface area contributed by atoms with Gasteiger partial charge in [0.2, 0.25) is 0 Å². The topological polar surface area (TPSA) is 68.3 Å². The first-order chi connectivity index (χ1) is 14.8. The van der Waals surface area contributed by atoms with Crippen LogP contribution >= 0.6 is 34.4 Å². The first-order valence-electron chi connectivity index (χ1n) is 11.2. The molecule has 0 radical (unpaired) electrons. The van der Waals surface area contributed by atoms with E-state index < -0.39 is 7.14 Å². The molecule has 31 heavy (non-hydrogen) atoms. The summed E-state index contributed by atoms with van der Waals surface area (Å²) in [6.07, 6.45) is 9.16. The molecule has 1 amide bonds. The molecule has 0 atom stereocenters. The molecule has 0 bridgehead atoms. The van der Waals surface area contributed by atoms with Gasteiger partial charge < -0.3 is 14.6 Å². The smallest absolute Gasteiger partial charge is 0.407 e. The molecule has 1 aliphatic heterocycles. The van der Waals surface area contributed by atoms with Crippen LogP contribution in [-0.4, -0.2) is 35.5 Å². The molecule has 1 saturated heterocycles. The van der Waals surface area contributed by atoms with Crippen LogP contribution in [0, 0.1) is 0 Å². The third-order valence-corrected chi connectivity index (χ3v) is 11.2. The Morgan fingerprint density at radius 3 is 2.61 bits per heavy atom. The molecular formula is C23H30BrN2O3PS. The predicted molar refractivity (Wildman–Crippen MR) is 131 cm³/mol. The molecule has 5 nitrogen and oxygen atoms in total. The van der Waals surface area contributed by atoms with Crippen LogP contribution in [0.25, 0.3) is 10.4 Å². The molecule has 1 N–H and O–H groups in total. The van der Waals surface area contributed by atoms with Gasteiger partial charge in [0.05, 0.1) is 16.0 Å². The van der Waals surface area contributed by atoms with Gasteiger partial charge in [-0.1, -0.05) is 22.0 Å². The summed E-state index contributed by atoms with van der Waals surface area (Å²) in [5.74, 6) is 0.416. The second kappa shape index (κ2) is 9.76. The van der Waals surface area contributed by atoms with Gasteiger partial charge >= 0.3 is 6.09 Å². The third-order valence-electron chi connectivity index (χ3n) is 6.22. The number of nitrogens with one attached hydrogen (secondary N) is 1. The van der Waals surface area contributed by atoms with Gasteiger partial charge in [0.1, 0.15) is 7.14 Å². The monoisotopic (exact) mass is 524 g/mol. The van der Waals surface area contributed by atoms with Crippen LogP contribution in [0.1, 0.15) is 63.3 Å². The number of nitrogens with zero attached hydrogens (tertiary/aromatic N) is 1. The van der Waals surface area contributed by atoms with Crippen molar-refractivity contribution in [3.8, 4) is 10.4 Å². The van der Waals surface area contributed by atoms with Crippen molar-refractivity contribution in [2.45, 2.75) is 70.4 Å². The Hall–Kier alpha value is -1.17. The van der Waals surface area contributed by atoms with E-state index in [9.17, 15) is 9.36 Å². The van der Waals surface area contributed by atoms with Gasteiger partial charge in [0.25, 0.3) is 0 Å². The van der Waals surface area contributed by atoms with Crippen LogP contribution in [-0.2, 0) is 9.30 Å². The van der Waals surface area contributed by atoms with Gasteiger partial charge in [-0.25, -0.2) is 9.78 Å². The van der Waals surface area contributed by atoms with Gasteiger partial charge in [-0.3, -0.25) is 0 Å². The van der Waals surface area contributed by atoms with E-state index in [2.05, 4.69) is 33.4 Å². The predicted octanol–water partition coefficient (Wildman–Crippen LogP) is 6.52. The molecule has 1 aliphatic carbocycles.